The number of halogens is 1. The lowest BCUT2D eigenvalue weighted by Gasteiger charge is -2.35. The van der Waals surface area contributed by atoms with Crippen LogP contribution in [-0.4, -0.2) is 20.3 Å². The van der Waals surface area contributed by atoms with Gasteiger partial charge in [-0.15, -0.1) is 0 Å². The van der Waals surface area contributed by atoms with Crippen molar-refractivity contribution < 1.29 is 9.47 Å². The van der Waals surface area contributed by atoms with Gasteiger partial charge < -0.3 is 14.8 Å². The van der Waals surface area contributed by atoms with E-state index in [0.717, 1.165) is 16.0 Å². The highest BCUT2D eigenvalue weighted by atomic mass is 79.9. The molecule has 2 aliphatic rings. The Balaban J connectivity index is 1.99. The van der Waals surface area contributed by atoms with Crippen molar-refractivity contribution in [1.82, 2.24) is 5.32 Å². The molecule has 1 fully saturated rings. The van der Waals surface area contributed by atoms with Crippen molar-refractivity contribution in [3.8, 4) is 11.5 Å². The summed E-state index contributed by atoms with van der Waals surface area (Å²) in [6, 6.07) is 4.53. The van der Waals surface area contributed by atoms with Crippen LogP contribution in [0, 0.1) is 5.41 Å². The van der Waals surface area contributed by atoms with Gasteiger partial charge in [-0.25, -0.2) is 0 Å². The molecule has 4 heteroatoms. The molecule has 1 aromatic carbocycles. The van der Waals surface area contributed by atoms with Crippen LogP contribution in [0.1, 0.15) is 44.2 Å². The first-order valence-corrected chi connectivity index (χ1v) is 8.20. The molecular formula is C16H22BrNO2. The molecule has 1 aliphatic heterocycles. The number of hydrogen-bond acceptors (Lipinski definition) is 3. The molecule has 0 radical (unpaired) electrons. The van der Waals surface area contributed by atoms with E-state index in [1.807, 2.05) is 6.07 Å². The van der Waals surface area contributed by atoms with Gasteiger partial charge in [-0.3, -0.25) is 0 Å². The van der Waals surface area contributed by atoms with Gasteiger partial charge in [0.25, 0.3) is 0 Å². The van der Waals surface area contributed by atoms with Crippen molar-refractivity contribution in [3.63, 3.8) is 0 Å². The average molecular weight is 340 g/mol. The Morgan fingerprint density at radius 2 is 1.75 bits per heavy atom. The fourth-order valence-electron chi connectivity index (χ4n) is 3.65. The molecule has 110 valence electrons. The maximum atomic E-state index is 5.74. The van der Waals surface area contributed by atoms with Crippen LogP contribution < -0.4 is 14.8 Å². The fourth-order valence-corrected chi connectivity index (χ4v) is 4.20. The van der Waals surface area contributed by atoms with Gasteiger partial charge in [-0.2, -0.15) is 0 Å². The molecule has 1 aromatic rings. The second-order valence-electron chi connectivity index (χ2n) is 6.10. The zero-order chi connectivity index (χ0) is 14.2. The maximum Gasteiger partial charge on any atom is 0.162 e. The van der Waals surface area contributed by atoms with E-state index in [1.165, 1.54) is 31.2 Å². The minimum Gasteiger partial charge on any atom is -0.486 e. The highest BCUT2D eigenvalue weighted by molar-refractivity contribution is 9.10. The minimum atomic E-state index is 0.320. The highest BCUT2D eigenvalue weighted by Gasteiger charge is 2.38. The minimum absolute atomic E-state index is 0.320. The molecule has 20 heavy (non-hydrogen) atoms. The lowest BCUT2D eigenvalue weighted by molar-refractivity contribution is 0.170. The third-order valence-corrected chi connectivity index (χ3v) is 5.39. The Morgan fingerprint density at radius 1 is 1.15 bits per heavy atom. The van der Waals surface area contributed by atoms with Gasteiger partial charge in [0.05, 0.1) is 0 Å². The Bertz CT molecular complexity index is 497. The van der Waals surface area contributed by atoms with Crippen LogP contribution in [0.25, 0.3) is 0 Å². The van der Waals surface area contributed by atoms with Crippen LogP contribution in [0.2, 0.25) is 0 Å². The normalized spacial score (nSPS) is 21.8. The highest BCUT2D eigenvalue weighted by Crippen LogP contribution is 2.50. The number of nitrogens with one attached hydrogen (secondary N) is 1. The molecule has 3 nitrogen and oxygen atoms in total. The maximum absolute atomic E-state index is 5.74. The summed E-state index contributed by atoms with van der Waals surface area (Å²) in [7, 11) is 2.05. The van der Waals surface area contributed by atoms with Crippen molar-refractivity contribution in [1.29, 1.82) is 0 Å². The van der Waals surface area contributed by atoms with Crippen LogP contribution in [0.4, 0.5) is 0 Å². The van der Waals surface area contributed by atoms with Gasteiger partial charge in [0.15, 0.2) is 11.5 Å². The van der Waals surface area contributed by atoms with E-state index in [9.17, 15) is 0 Å². The van der Waals surface area contributed by atoms with Crippen molar-refractivity contribution in [3.05, 3.63) is 22.2 Å². The molecule has 1 aliphatic carbocycles. The lowest BCUT2D eigenvalue weighted by Crippen LogP contribution is -2.32. The van der Waals surface area contributed by atoms with Crippen molar-refractivity contribution in [2.24, 2.45) is 5.41 Å². The van der Waals surface area contributed by atoms with E-state index in [-0.39, 0.29) is 0 Å². The lowest BCUT2D eigenvalue weighted by atomic mass is 9.77. The second-order valence-corrected chi connectivity index (χ2v) is 6.95. The molecule has 0 saturated heterocycles. The van der Waals surface area contributed by atoms with E-state index in [1.54, 1.807) is 0 Å². The van der Waals surface area contributed by atoms with Gasteiger partial charge in [-0.1, -0.05) is 35.7 Å². The van der Waals surface area contributed by atoms with Crippen LogP contribution >= 0.6 is 15.9 Å². The van der Waals surface area contributed by atoms with Gasteiger partial charge in [0.2, 0.25) is 0 Å². The average Bonchev–Trinajstić information content (AvgIpc) is 2.88. The first-order valence-electron chi connectivity index (χ1n) is 7.40. The number of rotatable bonds is 3. The summed E-state index contributed by atoms with van der Waals surface area (Å²) in [5.74, 6) is 1.72. The number of benzene rings is 1. The molecule has 0 bridgehead atoms. The third-order valence-electron chi connectivity index (χ3n) is 4.70. The number of ether oxygens (including phenoxy) is 2. The predicted octanol–water partition coefficient (Wildman–Crippen LogP) is 4.06. The molecule has 1 heterocycles. The molecule has 3 rings (SSSR count). The summed E-state index contributed by atoms with van der Waals surface area (Å²) in [4.78, 5) is 0. The summed E-state index contributed by atoms with van der Waals surface area (Å²) < 4.78 is 12.5. The molecule has 0 amide bonds. The zero-order valence-corrected chi connectivity index (χ0v) is 13.8. The topological polar surface area (TPSA) is 30.5 Å². The summed E-state index contributed by atoms with van der Waals surface area (Å²) in [6.07, 6.45) is 5.21. The molecule has 1 N–H and O–H groups in total. The van der Waals surface area contributed by atoms with Crippen molar-refractivity contribution >= 4 is 15.9 Å². The summed E-state index contributed by atoms with van der Waals surface area (Å²) >= 11 is 3.71. The molecule has 0 spiro atoms. The van der Waals surface area contributed by atoms with Gasteiger partial charge in [0, 0.05) is 10.5 Å². The summed E-state index contributed by atoms with van der Waals surface area (Å²) in [6.45, 7) is 3.66. The Hall–Kier alpha value is -0.740. The van der Waals surface area contributed by atoms with E-state index in [0.29, 0.717) is 24.7 Å². The van der Waals surface area contributed by atoms with E-state index >= 15 is 0 Å². The first-order chi connectivity index (χ1) is 9.64. The van der Waals surface area contributed by atoms with E-state index < -0.39 is 0 Å². The molecule has 1 saturated carbocycles. The molecular weight excluding hydrogens is 318 g/mol. The molecule has 1 unspecified atom stereocenters. The second kappa shape index (κ2) is 5.57. The monoisotopic (exact) mass is 339 g/mol. The Kier molecular flexibility index (Phi) is 3.95. The van der Waals surface area contributed by atoms with Crippen LogP contribution in [-0.2, 0) is 0 Å². The van der Waals surface area contributed by atoms with Crippen LogP contribution in [0.5, 0.6) is 11.5 Å². The van der Waals surface area contributed by atoms with Gasteiger partial charge >= 0.3 is 0 Å². The van der Waals surface area contributed by atoms with E-state index in [2.05, 4.69) is 41.3 Å². The molecule has 0 aromatic heterocycles. The summed E-state index contributed by atoms with van der Waals surface area (Å²) in [5, 5.41) is 3.52. The van der Waals surface area contributed by atoms with Crippen molar-refractivity contribution in [2.45, 2.75) is 38.6 Å². The first kappa shape index (κ1) is 14.2. The predicted molar refractivity (Wildman–Crippen MR) is 83.5 cm³/mol. The standard InChI is InChI=1S/C16H22BrNO2/c1-16(5-3-4-6-16)15(18-2)11-9-13-14(10-12(11)17)20-8-7-19-13/h9-10,15,18H,3-8H2,1-2H3. The SMILES string of the molecule is CNC(c1cc2c(cc1Br)OCCO2)C1(C)CCCC1. The van der Waals surface area contributed by atoms with Crippen LogP contribution in [0.15, 0.2) is 16.6 Å². The van der Waals surface area contributed by atoms with Crippen molar-refractivity contribution in [2.75, 3.05) is 20.3 Å². The van der Waals surface area contributed by atoms with E-state index in [4.69, 9.17) is 9.47 Å². The van der Waals surface area contributed by atoms with Gasteiger partial charge in [-0.05, 0) is 43.0 Å². The zero-order valence-electron chi connectivity index (χ0n) is 12.2. The Morgan fingerprint density at radius 3 is 2.35 bits per heavy atom. The summed E-state index contributed by atoms with van der Waals surface area (Å²) in [5.41, 5.74) is 1.60. The molecule has 1 atom stereocenters. The van der Waals surface area contributed by atoms with Gasteiger partial charge in [0.1, 0.15) is 13.2 Å². The third kappa shape index (κ3) is 2.44. The number of hydrogen-bond donors (Lipinski definition) is 1. The van der Waals surface area contributed by atoms with Crippen LogP contribution in [0.3, 0.4) is 0 Å². The smallest absolute Gasteiger partial charge is 0.162 e. The largest absolute Gasteiger partial charge is 0.486 e. The number of fused-ring (bicyclic) bond motifs is 1. The fraction of sp³-hybridized carbons (Fsp3) is 0.625. The quantitative estimate of drug-likeness (QED) is 0.900. The Labute approximate surface area is 129 Å².